The Kier molecular flexibility index (Phi) is 5.75. The topological polar surface area (TPSA) is 78.8 Å². The van der Waals surface area contributed by atoms with Crippen LogP contribution in [-0.4, -0.2) is 37.4 Å². The molecule has 0 saturated heterocycles. The fraction of sp³-hybridized carbons (Fsp3) is 0.619. The zero-order valence-corrected chi connectivity index (χ0v) is 18.4. The van der Waals surface area contributed by atoms with Crippen LogP contribution in [0.15, 0.2) is 22.6 Å². The first kappa shape index (κ1) is 20.5. The molecule has 29 heavy (non-hydrogen) atoms. The summed E-state index contributed by atoms with van der Waals surface area (Å²) >= 11 is 5.57. The molecule has 4 fully saturated rings. The lowest BCUT2D eigenvalue weighted by atomic mass is 9.54. The van der Waals surface area contributed by atoms with Gasteiger partial charge in [-0.15, -0.1) is 4.36 Å². The van der Waals surface area contributed by atoms with Gasteiger partial charge in [0, 0.05) is 13.1 Å². The summed E-state index contributed by atoms with van der Waals surface area (Å²) in [6.07, 6.45) is 6.36. The van der Waals surface area contributed by atoms with Gasteiger partial charge in [-0.1, -0.05) is 12.1 Å². The zero-order valence-electron chi connectivity index (χ0n) is 16.8. The standard InChI is InChI=1S/C21H27N3O3S2/c1-12-3-4-13(10-18(12)23-29(26)27)11-19(25)24(21(28)22-2)20-16-6-14-5-15(8-16)9-17(20)7-14/h3-4,10,14-17,20H,5-9,11H2,1-2H3,(H,22,28). The Morgan fingerprint density at radius 3 is 2.34 bits per heavy atom. The van der Waals surface area contributed by atoms with E-state index >= 15 is 0 Å². The van der Waals surface area contributed by atoms with Crippen LogP contribution in [-0.2, 0) is 21.7 Å². The second-order valence-electron chi connectivity index (χ2n) is 8.85. The lowest BCUT2D eigenvalue weighted by molar-refractivity contribution is -0.135. The van der Waals surface area contributed by atoms with Crippen LogP contribution in [0, 0.1) is 30.6 Å². The average Bonchev–Trinajstić information content (AvgIpc) is 2.65. The van der Waals surface area contributed by atoms with Crippen LogP contribution in [0.1, 0.15) is 43.2 Å². The average molecular weight is 434 g/mol. The van der Waals surface area contributed by atoms with Gasteiger partial charge in [-0.25, -0.2) is 0 Å². The van der Waals surface area contributed by atoms with E-state index in [9.17, 15) is 13.2 Å². The summed E-state index contributed by atoms with van der Waals surface area (Å²) in [5.74, 6) is 2.69. The van der Waals surface area contributed by atoms with Gasteiger partial charge in [-0.3, -0.25) is 9.69 Å². The number of aryl methyl sites for hydroxylation is 1. The van der Waals surface area contributed by atoms with Gasteiger partial charge < -0.3 is 5.32 Å². The fourth-order valence-corrected chi connectivity index (χ4v) is 6.64. The van der Waals surface area contributed by atoms with Crippen molar-refractivity contribution in [1.29, 1.82) is 0 Å². The normalized spacial score (nSPS) is 29.4. The van der Waals surface area contributed by atoms with Crippen LogP contribution in [0.25, 0.3) is 0 Å². The first-order valence-corrected chi connectivity index (χ1v) is 11.7. The largest absolute Gasteiger partial charge is 0.365 e. The van der Waals surface area contributed by atoms with Crippen LogP contribution < -0.4 is 5.32 Å². The molecule has 1 aromatic carbocycles. The van der Waals surface area contributed by atoms with Crippen LogP contribution in [0.4, 0.5) is 5.69 Å². The van der Waals surface area contributed by atoms with Crippen LogP contribution in [0.2, 0.25) is 0 Å². The Morgan fingerprint density at radius 1 is 1.17 bits per heavy atom. The number of carbonyl (C=O) groups is 1. The van der Waals surface area contributed by atoms with Gasteiger partial charge in [0.15, 0.2) is 5.11 Å². The van der Waals surface area contributed by atoms with Crippen molar-refractivity contribution in [3.63, 3.8) is 0 Å². The lowest BCUT2D eigenvalue weighted by Gasteiger charge is -2.57. The Morgan fingerprint density at radius 2 is 1.79 bits per heavy atom. The highest BCUT2D eigenvalue weighted by atomic mass is 32.2. The van der Waals surface area contributed by atoms with Crippen molar-refractivity contribution >= 4 is 39.4 Å². The highest BCUT2D eigenvalue weighted by molar-refractivity contribution is 7.80. The molecule has 0 unspecified atom stereocenters. The molecule has 4 saturated carbocycles. The molecular formula is C21H27N3O3S2. The lowest BCUT2D eigenvalue weighted by Crippen LogP contribution is -2.60. The molecule has 0 atom stereocenters. The van der Waals surface area contributed by atoms with Crippen molar-refractivity contribution in [2.24, 2.45) is 28.0 Å². The highest BCUT2D eigenvalue weighted by Crippen LogP contribution is 2.55. The van der Waals surface area contributed by atoms with Crippen molar-refractivity contribution in [1.82, 2.24) is 10.2 Å². The molecule has 4 aliphatic carbocycles. The maximum atomic E-state index is 13.4. The van der Waals surface area contributed by atoms with Crippen molar-refractivity contribution in [3.05, 3.63) is 29.3 Å². The number of nitrogens with zero attached hydrogens (tertiary/aromatic N) is 2. The molecule has 1 N–H and O–H groups in total. The quantitative estimate of drug-likeness (QED) is 0.737. The molecule has 0 aliphatic heterocycles. The van der Waals surface area contributed by atoms with Gasteiger partial charge in [-0.05, 0) is 92.1 Å². The third kappa shape index (κ3) is 4.10. The van der Waals surface area contributed by atoms with E-state index in [-0.39, 0.29) is 18.4 Å². The van der Waals surface area contributed by atoms with Gasteiger partial charge >= 0.3 is 10.5 Å². The minimum absolute atomic E-state index is 0.0279. The predicted molar refractivity (Wildman–Crippen MR) is 115 cm³/mol. The van der Waals surface area contributed by atoms with Gasteiger partial charge in [0.25, 0.3) is 0 Å². The highest BCUT2D eigenvalue weighted by Gasteiger charge is 2.51. The van der Waals surface area contributed by atoms with Gasteiger partial charge in [0.1, 0.15) is 0 Å². The molecule has 4 aliphatic rings. The Hall–Kier alpha value is -1.80. The third-order valence-electron chi connectivity index (χ3n) is 6.98. The van der Waals surface area contributed by atoms with E-state index in [1.807, 2.05) is 11.0 Å². The second kappa shape index (κ2) is 8.14. The molecule has 4 bridgehead atoms. The molecular weight excluding hydrogens is 406 g/mol. The van der Waals surface area contributed by atoms with E-state index in [2.05, 4.69) is 9.68 Å². The number of nitrogens with one attached hydrogen (secondary N) is 1. The van der Waals surface area contributed by atoms with Crippen molar-refractivity contribution < 1.29 is 13.2 Å². The molecule has 1 aromatic rings. The van der Waals surface area contributed by atoms with E-state index in [0.29, 0.717) is 22.6 Å². The number of hydrogen-bond donors (Lipinski definition) is 1. The molecule has 1 amide bonds. The van der Waals surface area contributed by atoms with Crippen molar-refractivity contribution in [2.75, 3.05) is 7.05 Å². The van der Waals surface area contributed by atoms with E-state index in [0.717, 1.165) is 23.0 Å². The monoisotopic (exact) mass is 433 g/mol. The molecule has 0 heterocycles. The van der Waals surface area contributed by atoms with E-state index in [1.54, 1.807) is 26.1 Å². The maximum Gasteiger partial charge on any atom is 0.316 e. The van der Waals surface area contributed by atoms with Crippen molar-refractivity contribution in [2.45, 2.75) is 51.5 Å². The minimum atomic E-state index is -2.52. The van der Waals surface area contributed by atoms with Crippen LogP contribution >= 0.6 is 12.2 Å². The smallest absolute Gasteiger partial charge is 0.316 e. The number of benzene rings is 1. The molecule has 5 rings (SSSR count). The Bertz CT molecular complexity index is 937. The van der Waals surface area contributed by atoms with Gasteiger partial charge in [0.2, 0.25) is 5.91 Å². The third-order valence-corrected chi connectivity index (χ3v) is 7.72. The second-order valence-corrected chi connectivity index (χ2v) is 9.85. The van der Waals surface area contributed by atoms with E-state index in [1.165, 1.54) is 32.1 Å². The first-order valence-electron chi connectivity index (χ1n) is 10.3. The Balaban J connectivity index is 1.59. The molecule has 6 nitrogen and oxygen atoms in total. The number of amides is 1. The zero-order chi connectivity index (χ0) is 20.7. The van der Waals surface area contributed by atoms with E-state index in [4.69, 9.17) is 12.2 Å². The summed E-state index contributed by atoms with van der Waals surface area (Å²) in [4.78, 5) is 15.2. The summed E-state index contributed by atoms with van der Waals surface area (Å²) < 4.78 is 25.6. The molecule has 0 spiro atoms. The van der Waals surface area contributed by atoms with Crippen molar-refractivity contribution in [3.8, 4) is 0 Å². The minimum Gasteiger partial charge on any atom is -0.365 e. The fourth-order valence-electron chi connectivity index (χ4n) is 6.06. The summed E-state index contributed by atoms with van der Waals surface area (Å²) in [6.45, 7) is 1.80. The summed E-state index contributed by atoms with van der Waals surface area (Å²) in [5.41, 5.74) is 1.88. The number of thiocarbonyl (C=S) groups is 1. The predicted octanol–water partition coefficient (Wildman–Crippen LogP) is 3.39. The summed E-state index contributed by atoms with van der Waals surface area (Å²) in [7, 11) is -0.754. The molecule has 8 heteroatoms. The van der Waals surface area contributed by atoms with Gasteiger partial charge in [-0.2, -0.15) is 8.42 Å². The molecule has 0 aromatic heterocycles. The SMILES string of the molecule is CNC(=S)N(C(=O)Cc1ccc(C)c(N=S(=O)=O)c1)C1C2CC3CC(C2)CC1C3. The first-order chi connectivity index (χ1) is 13.9. The maximum absolute atomic E-state index is 13.4. The van der Waals surface area contributed by atoms with Gasteiger partial charge in [0.05, 0.1) is 12.1 Å². The number of carbonyl (C=O) groups excluding carboxylic acids is 1. The number of rotatable bonds is 4. The summed E-state index contributed by atoms with van der Waals surface area (Å²) in [6, 6.07) is 5.52. The molecule has 156 valence electrons. The summed E-state index contributed by atoms with van der Waals surface area (Å²) in [5, 5.41) is 3.51. The Labute approximate surface area is 178 Å². The van der Waals surface area contributed by atoms with Crippen LogP contribution in [0.3, 0.4) is 0 Å². The number of hydrogen-bond acceptors (Lipinski definition) is 5. The van der Waals surface area contributed by atoms with E-state index < -0.39 is 10.5 Å². The molecule has 0 radical (unpaired) electrons. The van der Waals surface area contributed by atoms with Crippen LogP contribution in [0.5, 0.6) is 0 Å².